The van der Waals surface area contributed by atoms with Gasteiger partial charge >= 0.3 is 0 Å². The zero-order chi connectivity index (χ0) is 11.1. The lowest BCUT2D eigenvalue weighted by Gasteiger charge is -2.06. The lowest BCUT2D eigenvalue weighted by atomic mass is 10.2. The van der Waals surface area contributed by atoms with Crippen LogP contribution in [0.25, 0.3) is 5.69 Å². The van der Waals surface area contributed by atoms with Crippen molar-refractivity contribution in [2.45, 2.75) is 12.8 Å². The van der Waals surface area contributed by atoms with Crippen LogP contribution in [0.5, 0.6) is 5.75 Å². The number of carbonyl (C=O) groups is 1. The van der Waals surface area contributed by atoms with Gasteiger partial charge in [-0.3, -0.25) is 4.79 Å². The molecule has 1 heterocycles. The molecule has 0 unspecified atom stereocenters. The first-order valence-corrected chi connectivity index (χ1v) is 5.16. The molecular formula is C12H10N2O2. The van der Waals surface area contributed by atoms with E-state index in [0.29, 0.717) is 17.8 Å². The van der Waals surface area contributed by atoms with Gasteiger partial charge < -0.3 is 5.11 Å². The molecule has 4 heteroatoms. The zero-order valence-corrected chi connectivity index (χ0v) is 8.55. The summed E-state index contributed by atoms with van der Waals surface area (Å²) in [7, 11) is 0. The molecule has 2 aromatic rings. The van der Waals surface area contributed by atoms with Crippen LogP contribution in [0.4, 0.5) is 0 Å². The van der Waals surface area contributed by atoms with E-state index < -0.39 is 0 Å². The van der Waals surface area contributed by atoms with Crippen LogP contribution in [0.2, 0.25) is 0 Å². The predicted octanol–water partition coefficient (Wildman–Crippen LogP) is 1.71. The molecule has 0 aliphatic heterocycles. The smallest absolute Gasteiger partial charge is 0.181 e. The minimum atomic E-state index is 0.0933. The van der Waals surface area contributed by atoms with Crippen LogP contribution in [0.3, 0.4) is 0 Å². The van der Waals surface area contributed by atoms with Gasteiger partial charge in [0.25, 0.3) is 0 Å². The van der Waals surface area contributed by atoms with E-state index in [0.717, 1.165) is 12.0 Å². The molecule has 1 aromatic carbocycles. The van der Waals surface area contributed by atoms with Gasteiger partial charge in [-0.1, -0.05) is 12.1 Å². The van der Waals surface area contributed by atoms with E-state index in [-0.39, 0.29) is 11.5 Å². The normalized spacial score (nSPS) is 14.1. The number of hydrogen-bond donors (Lipinski definition) is 1. The van der Waals surface area contributed by atoms with E-state index in [1.54, 1.807) is 24.4 Å². The fourth-order valence-corrected chi connectivity index (χ4v) is 2.05. The number of Topliss-reactive ketones (excluding diaryl/α,β-unsaturated/α-hetero) is 1. The van der Waals surface area contributed by atoms with Crippen molar-refractivity contribution in [3.05, 3.63) is 41.7 Å². The number of hydrogen-bond acceptors (Lipinski definition) is 3. The largest absolute Gasteiger partial charge is 0.506 e. The summed E-state index contributed by atoms with van der Waals surface area (Å²) >= 11 is 0. The summed E-state index contributed by atoms with van der Waals surface area (Å²) in [5.74, 6) is 0.226. The van der Waals surface area contributed by atoms with Crippen molar-refractivity contribution in [2.75, 3.05) is 0 Å². The Morgan fingerprint density at radius 2 is 2.06 bits per heavy atom. The molecule has 80 valence electrons. The van der Waals surface area contributed by atoms with Crippen LogP contribution in [-0.2, 0) is 6.42 Å². The molecule has 1 aromatic heterocycles. The Morgan fingerprint density at radius 3 is 2.88 bits per heavy atom. The number of para-hydroxylation sites is 2. The second-order valence-corrected chi connectivity index (χ2v) is 3.84. The number of fused-ring (bicyclic) bond motifs is 1. The Balaban J connectivity index is 2.22. The van der Waals surface area contributed by atoms with Crippen LogP contribution >= 0.6 is 0 Å². The quantitative estimate of drug-likeness (QED) is 0.786. The molecule has 16 heavy (non-hydrogen) atoms. The number of aryl methyl sites for hydroxylation is 1. The number of nitrogens with zero attached hydrogens (tertiary/aromatic N) is 2. The van der Waals surface area contributed by atoms with E-state index >= 15 is 0 Å². The lowest BCUT2D eigenvalue weighted by molar-refractivity contribution is 0.0987. The van der Waals surface area contributed by atoms with E-state index in [2.05, 4.69) is 5.10 Å². The van der Waals surface area contributed by atoms with Crippen molar-refractivity contribution in [1.29, 1.82) is 0 Å². The Bertz CT molecular complexity index is 572. The van der Waals surface area contributed by atoms with Crippen LogP contribution in [-0.4, -0.2) is 20.7 Å². The fourth-order valence-electron chi connectivity index (χ4n) is 2.05. The molecule has 0 bridgehead atoms. The van der Waals surface area contributed by atoms with E-state index in [1.807, 2.05) is 6.07 Å². The van der Waals surface area contributed by atoms with Gasteiger partial charge in [0, 0.05) is 12.0 Å². The third-order valence-electron chi connectivity index (χ3n) is 2.84. The van der Waals surface area contributed by atoms with Gasteiger partial charge in [-0.15, -0.1) is 0 Å². The molecule has 1 N–H and O–H groups in total. The lowest BCUT2D eigenvalue weighted by Crippen LogP contribution is -2.06. The average molecular weight is 214 g/mol. The highest BCUT2D eigenvalue weighted by molar-refractivity contribution is 5.99. The molecule has 0 spiro atoms. The molecule has 0 atom stereocenters. The third-order valence-corrected chi connectivity index (χ3v) is 2.84. The van der Waals surface area contributed by atoms with Crippen LogP contribution < -0.4 is 0 Å². The van der Waals surface area contributed by atoms with E-state index in [1.165, 1.54) is 4.68 Å². The van der Waals surface area contributed by atoms with Gasteiger partial charge in [-0.2, -0.15) is 5.10 Å². The van der Waals surface area contributed by atoms with Gasteiger partial charge in [0.15, 0.2) is 5.78 Å². The molecule has 3 rings (SSSR count). The third kappa shape index (κ3) is 1.16. The monoisotopic (exact) mass is 214 g/mol. The summed E-state index contributed by atoms with van der Waals surface area (Å²) in [6.45, 7) is 0. The van der Waals surface area contributed by atoms with Gasteiger partial charge in [-0.05, 0) is 18.6 Å². The van der Waals surface area contributed by atoms with Gasteiger partial charge in [0.2, 0.25) is 0 Å². The second kappa shape index (κ2) is 3.20. The summed E-state index contributed by atoms with van der Waals surface area (Å²) in [6, 6.07) is 6.88. The molecule has 0 saturated carbocycles. The van der Waals surface area contributed by atoms with Crippen molar-refractivity contribution >= 4 is 5.78 Å². The Kier molecular flexibility index (Phi) is 1.83. The summed E-state index contributed by atoms with van der Waals surface area (Å²) in [5, 5.41) is 13.9. The van der Waals surface area contributed by atoms with Crippen molar-refractivity contribution in [2.24, 2.45) is 0 Å². The first-order valence-electron chi connectivity index (χ1n) is 5.16. The number of aromatic hydroxyl groups is 1. The molecule has 4 nitrogen and oxygen atoms in total. The van der Waals surface area contributed by atoms with Crippen LogP contribution in [0.15, 0.2) is 30.5 Å². The number of rotatable bonds is 1. The maximum absolute atomic E-state index is 11.7. The van der Waals surface area contributed by atoms with Crippen molar-refractivity contribution in [3.8, 4) is 11.4 Å². The average Bonchev–Trinajstić information content (AvgIpc) is 2.83. The van der Waals surface area contributed by atoms with E-state index in [9.17, 15) is 9.90 Å². The Hall–Kier alpha value is -2.10. The molecular weight excluding hydrogens is 204 g/mol. The Morgan fingerprint density at radius 1 is 1.25 bits per heavy atom. The zero-order valence-electron chi connectivity index (χ0n) is 8.55. The molecule has 0 saturated heterocycles. The maximum Gasteiger partial charge on any atom is 0.181 e. The van der Waals surface area contributed by atoms with Gasteiger partial charge in [-0.25, -0.2) is 4.68 Å². The standard InChI is InChI=1S/C12H10N2O2/c15-10-4-2-1-3-9(10)14-12-8(7-13-14)5-6-11(12)16/h1-4,7,15H,5-6H2. The molecule has 0 radical (unpaired) electrons. The highest BCUT2D eigenvalue weighted by atomic mass is 16.3. The SMILES string of the molecule is O=C1CCc2cnn(-c3ccccc3O)c21. The first-order chi connectivity index (χ1) is 7.77. The minimum Gasteiger partial charge on any atom is -0.506 e. The number of aromatic nitrogens is 2. The molecule has 1 aliphatic carbocycles. The number of phenolic OH excluding ortho intramolecular Hbond substituents is 1. The highest BCUT2D eigenvalue weighted by Gasteiger charge is 2.26. The topological polar surface area (TPSA) is 55.1 Å². The number of benzene rings is 1. The number of ketones is 1. The number of phenols is 1. The summed E-state index contributed by atoms with van der Waals surface area (Å²) < 4.78 is 1.53. The van der Waals surface area contributed by atoms with Crippen LogP contribution in [0, 0.1) is 0 Å². The van der Waals surface area contributed by atoms with E-state index in [4.69, 9.17) is 0 Å². The van der Waals surface area contributed by atoms with Crippen molar-refractivity contribution in [3.63, 3.8) is 0 Å². The fraction of sp³-hybridized carbons (Fsp3) is 0.167. The minimum absolute atomic E-state index is 0.0933. The first kappa shape index (κ1) is 9.15. The van der Waals surface area contributed by atoms with Gasteiger partial charge in [0.05, 0.1) is 6.20 Å². The second-order valence-electron chi connectivity index (χ2n) is 3.84. The van der Waals surface area contributed by atoms with Gasteiger partial charge in [0.1, 0.15) is 17.1 Å². The predicted molar refractivity (Wildman–Crippen MR) is 57.9 cm³/mol. The Labute approximate surface area is 92.1 Å². The summed E-state index contributed by atoms with van der Waals surface area (Å²) in [4.78, 5) is 11.7. The molecule has 0 amide bonds. The summed E-state index contributed by atoms with van der Waals surface area (Å²) in [6.07, 6.45) is 3.00. The number of carbonyl (C=O) groups excluding carboxylic acids is 1. The molecule has 1 aliphatic rings. The molecule has 0 fully saturated rings. The maximum atomic E-state index is 11.7. The highest BCUT2D eigenvalue weighted by Crippen LogP contribution is 2.27. The van der Waals surface area contributed by atoms with Crippen molar-refractivity contribution in [1.82, 2.24) is 9.78 Å². The van der Waals surface area contributed by atoms with Crippen molar-refractivity contribution < 1.29 is 9.90 Å². The summed E-state index contributed by atoms with van der Waals surface area (Å²) in [5.41, 5.74) is 2.13. The van der Waals surface area contributed by atoms with Crippen LogP contribution in [0.1, 0.15) is 22.5 Å².